The summed E-state index contributed by atoms with van der Waals surface area (Å²) in [5, 5.41) is 3.49. The smallest absolute Gasteiger partial charge is 0.218 e. The highest BCUT2D eigenvalue weighted by molar-refractivity contribution is 6.36. The fourth-order valence-electron chi connectivity index (χ4n) is 3.42. The third kappa shape index (κ3) is 4.55. The fraction of sp³-hybridized carbons (Fsp3) is 0.333. The molecule has 0 spiro atoms. The molecule has 2 aromatic rings. The Balaban J connectivity index is 1.90. The third-order valence-electron chi connectivity index (χ3n) is 5.30. The Kier molecular flexibility index (Phi) is 6.17. The highest BCUT2D eigenvalue weighted by atomic mass is 35.5. The van der Waals surface area contributed by atoms with Crippen molar-refractivity contribution in [3.63, 3.8) is 0 Å². The molecule has 0 unspecified atom stereocenters. The number of nitrogen functional groups attached to an aromatic ring is 1. The van der Waals surface area contributed by atoms with Crippen LogP contribution in [-0.4, -0.2) is 24.3 Å². The summed E-state index contributed by atoms with van der Waals surface area (Å²) < 4.78 is 15.5. The summed E-state index contributed by atoms with van der Waals surface area (Å²) >= 11 is 12.2. The molecule has 0 heterocycles. The molecule has 154 valence electrons. The number of primary amides is 1. The lowest BCUT2D eigenvalue weighted by molar-refractivity contribution is -0.118. The van der Waals surface area contributed by atoms with Gasteiger partial charge in [0.25, 0.3) is 0 Å². The second kappa shape index (κ2) is 8.30. The zero-order valence-electron chi connectivity index (χ0n) is 15.9. The summed E-state index contributed by atoms with van der Waals surface area (Å²) in [4.78, 5) is 24.0. The van der Waals surface area contributed by atoms with E-state index in [4.69, 9.17) is 34.7 Å². The molecule has 8 heteroatoms. The van der Waals surface area contributed by atoms with Crippen LogP contribution in [0, 0.1) is 5.82 Å². The standard InChI is InChI=1S/C21H22Cl2FN3O2/c1-11(8-17(26)28)27-10-21(6-7-21)13-3-4-14(22)18(19(13)24)20(29)12-2-5-16(25)15(23)9-12/h2-5,9,11,27H,6-8,10,25H2,1H3,(H2,26,28)/t11-/m0/s1. The highest BCUT2D eigenvalue weighted by Gasteiger charge is 2.46. The maximum atomic E-state index is 15.5. The number of ketones is 1. The van der Waals surface area contributed by atoms with E-state index in [-0.39, 0.29) is 33.6 Å². The molecule has 5 nitrogen and oxygen atoms in total. The number of anilines is 1. The molecular formula is C21H22Cl2FN3O2. The summed E-state index contributed by atoms with van der Waals surface area (Å²) in [5.74, 6) is -1.58. The summed E-state index contributed by atoms with van der Waals surface area (Å²) in [6.45, 7) is 2.32. The van der Waals surface area contributed by atoms with Gasteiger partial charge in [0.15, 0.2) is 5.78 Å². The Morgan fingerprint density at radius 3 is 2.48 bits per heavy atom. The van der Waals surface area contributed by atoms with Crippen LogP contribution >= 0.6 is 23.2 Å². The number of nitrogens with two attached hydrogens (primary N) is 2. The van der Waals surface area contributed by atoms with Gasteiger partial charge in [-0.25, -0.2) is 4.39 Å². The Morgan fingerprint density at radius 2 is 1.90 bits per heavy atom. The summed E-state index contributed by atoms with van der Waals surface area (Å²) in [6, 6.07) is 7.43. The lowest BCUT2D eigenvalue weighted by atomic mass is 9.91. The number of halogens is 3. The van der Waals surface area contributed by atoms with Gasteiger partial charge >= 0.3 is 0 Å². The zero-order valence-corrected chi connectivity index (χ0v) is 17.4. The summed E-state index contributed by atoms with van der Waals surface area (Å²) in [7, 11) is 0. The van der Waals surface area contributed by atoms with Gasteiger partial charge in [-0.05, 0) is 49.6 Å². The third-order valence-corrected chi connectivity index (χ3v) is 5.94. The Bertz CT molecular complexity index is 977. The molecule has 0 aromatic heterocycles. The molecule has 1 atom stereocenters. The molecule has 1 aliphatic carbocycles. The minimum atomic E-state index is -0.627. The maximum Gasteiger partial charge on any atom is 0.218 e. The number of benzene rings is 2. The van der Waals surface area contributed by atoms with E-state index in [1.54, 1.807) is 12.1 Å². The van der Waals surface area contributed by atoms with E-state index in [2.05, 4.69) is 5.32 Å². The number of rotatable bonds is 8. The molecule has 1 aliphatic rings. The van der Waals surface area contributed by atoms with Crippen molar-refractivity contribution >= 4 is 40.6 Å². The van der Waals surface area contributed by atoms with Gasteiger partial charge in [0.2, 0.25) is 5.91 Å². The molecule has 5 N–H and O–H groups in total. The predicted octanol–water partition coefficient (Wildman–Crippen LogP) is 3.83. The van der Waals surface area contributed by atoms with Crippen molar-refractivity contribution < 1.29 is 14.0 Å². The number of amides is 1. The number of nitrogens with one attached hydrogen (secondary N) is 1. The quantitative estimate of drug-likeness (QED) is 0.431. The van der Waals surface area contributed by atoms with Gasteiger partial charge in [0.05, 0.1) is 21.3 Å². The van der Waals surface area contributed by atoms with Crippen LogP contribution < -0.4 is 16.8 Å². The minimum Gasteiger partial charge on any atom is -0.398 e. The van der Waals surface area contributed by atoms with E-state index < -0.39 is 22.9 Å². The minimum absolute atomic E-state index is 0.0371. The molecule has 1 fully saturated rings. The van der Waals surface area contributed by atoms with Crippen molar-refractivity contribution in [2.75, 3.05) is 12.3 Å². The van der Waals surface area contributed by atoms with Crippen LogP contribution in [0.1, 0.15) is 47.7 Å². The number of carbonyl (C=O) groups excluding carboxylic acids is 2. The van der Waals surface area contributed by atoms with Gasteiger partial charge in [0, 0.05) is 30.0 Å². The van der Waals surface area contributed by atoms with Crippen molar-refractivity contribution in [2.24, 2.45) is 5.73 Å². The first kappa shape index (κ1) is 21.6. The summed E-state index contributed by atoms with van der Waals surface area (Å²) in [5.41, 5.74) is 11.3. The molecule has 29 heavy (non-hydrogen) atoms. The Morgan fingerprint density at radius 1 is 1.21 bits per heavy atom. The molecule has 2 aromatic carbocycles. The number of hydrogen-bond acceptors (Lipinski definition) is 4. The molecule has 3 rings (SSSR count). The van der Waals surface area contributed by atoms with E-state index in [0.717, 1.165) is 12.8 Å². The van der Waals surface area contributed by atoms with E-state index in [1.807, 2.05) is 6.92 Å². The number of hydrogen-bond donors (Lipinski definition) is 3. The van der Waals surface area contributed by atoms with Crippen LogP contribution in [-0.2, 0) is 10.2 Å². The maximum absolute atomic E-state index is 15.5. The van der Waals surface area contributed by atoms with Crippen molar-refractivity contribution in [1.29, 1.82) is 0 Å². The zero-order chi connectivity index (χ0) is 21.3. The van der Waals surface area contributed by atoms with Crippen molar-refractivity contribution in [1.82, 2.24) is 5.32 Å². The summed E-state index contributed by atoms with van der Waals surface area (Å²) in [6.07, 6.45) is 1.73. The molecule has 0 aliphatic heterocycles. The molecule has 0 bridgehead atoms. The second-order valence-corrected chi connectivity index (χ2v) is 8.40. The van der Waals surface area contributed by atoms with Crippen LogP contribution in [0.15, 0.2) is 30.3 Å². The normalized spacial score (nSPS) is 15.7. The fourth-order valence-corrected chi connectivity index (χ4v) is 3.83. The van der Waals surface area contributed by atoms with Crippen LogP contribution in [0.5, 0.6) is 0 Å². The van der Waals surface area contributed by atoms with E-state index >= 15 is 4.39 Å². The average Bonchev–Trinajstić information content (AvgIpc) is 3.42. The lowest BCUT2D eigenvalue weighted by Gasteiger charge is -2.22. The van der Waals surface area contributed by atoms with Gasteiger partial charge in [-0.2, -0.15) is 0 Å². The molecule has 0 radical (unpaired) electrons. The largest absolute Gasteiger partial charge is 0.398 e. The Hall–Kier alpha value is -2.15. The number of carbonyl (C=O) groups is 2. The lowest BCUT2D eigenvalue weighted by Crippen LogP contribution is -2.37. The van der Waals surface area contributed by atoms with E-state index in [9.17, 15) is 9.59 Å². The first-order valence-corrected chi connectivity index (χ1v) is 10.00. The van der Waals surface area contributed by atoms with Crippen molar-refractivity contribution in [3.8, 4) is 0 Å². The van der Waals surface area contributed by atoms with Gasteiger partial charge < -0.3 is 16.8 Å². The second-order valence-electron chi connectivity index (χ2n) is 7.58. The predicted molar refractivity (Wildman–Crippen MR) is 113 cm³/mol. The first-order valence-electron chi connectivity index (χ1n) is 9.24. The topological polar surface area (TPSA) is 98.2 Å². The monoisotopic (exact) mass is 437 g/mol. The van der Waals surface area contributed by atoms with Gasteiger partial charge in [0.1, 0.15) is 5.82 Å². The van der Waals surface area contributed by atoms with Crippen molar-refractivity contribution in [2.45, 2.75) is 37.6 Å². The SMILES string of the molecule is C[C@@H](CC(N)=O)NCC1(c2ccc(Cl)c(C(=O)c3ccc(N)c(Cl)c3)c2F)CC1. The Labute approximate surface area is 178 Å². The van der Waals surface area contributed by atoms with E-state index in [1.165, 1.54) is 18.2 Å². The van der Waals surface area contributed by atoms with Crippen LogP contribution in [0.4, 0.5) is 10.1 Å². The molecule has 0 saturated heterocycles. The van der Waals surface area contributed by atoms with Gasteiger partial charge in [-0.3, -0.25) is 9.59 Å². The van der Waals surface area contributed by atoms with Crippen LogP contribution in [0.3, 0.4) is 0 Å². The molecule has 1 amide bonds. The van der Waals surface area contributed by atoms with Crippen LogP contribution in [0.2, 0.25) is 10.0 Å². The first-order chi connectivity index (χ1) is 13.6. The van der Waals surface area contributed by atoms with Crippen LogP contribution in [0.25, 0.3) is 0 Å². The molecular weight excluding hydrogens is 416 g/mol. The van der Waals surface area contributed by atoms with Crippen molar-refractivity contribution in [3.05, 3.63) is 62.9 Å². The van der Waals surface area contributed by atoms with Gasteiger partial charge in [-0.1, -0.05) is 29.3 Å². The molecule has 1 saturated carbocycles. The van der Waals surface area contributed by atoms with E-state index in [0.29, 0.717) is 17.8 Å². The average molecular weight is 438 g/mol. The highest BCUT2D eigenvalue weighted by Crippen LogP contribution is 2.49. The van der Waals surface area contributed by atoms with Gasteiger partial charge in [-0.15, -0.1) is 0 Å².